The Morgan fingerprint density at radius 2 is 0.931 bits per heavy atom. The lowest BCUT2D eigenvalue weighted by molar-refractivity contribution is 0.672. The summed E-state index contributed by atoms with van der Waals surface area (Å²) in [4.78, 5) is 1.88. The lowest BCUT2D eigenvalue weighted by atomic mass is 9.97. The highest BCUT2D eigenvalue weighted by molar-refractivity contribution is 6.15. The fourth-order valence-electron chi connectivity index (χ4n) is 8.17. The van der Waals surface area contributed by atoms with Crippen LogP contribution in [-0.4, -0.2) is 0 Å². The molecular formula is C56H37NO. The van der Waals surface area contributed by atoms with Gasteiger partial charge >= 0.3 is 0 Å². The van der Waals surface area contributed by atoms with Crippen molar-refractivity contribution < 1.29 is 9.90 Å². The van der Waals surface area contributed by atoms with E-state index < -0.39 is 0 Å². The molecule has 10 aromatic carbocycles. The highest BCUT2D eigenvalue weighted by Gasteiger charge is 2.19. The minimum atomic E-state index is -0.135. The van der Waals surface area contributed by atoms with Crippen LogP contribution in [0.5, 0.6) is 0 Å². The standard InChI is InChI=1S/C56H37NO/c1-2-10-38(11-3-1)40-18-20-41(21-19-40)42-26-31-48(32-27-42)57(49-33-28-43(29-34-49)46-24-22-39-12-4-5-13-45(39)36-46)54-16-8-6-14-50(54)47-25-23-44-30-35-52-51-15-7-9-17-55(51)58-56(52)53(44)37-47/h1-37H/i26D,27D,31D,32D. The van der Waals surface area contributed by atoms with Crippen LogP contribution in [0.3, 0.4) is 0 Å². The van der Waals surface area contributed by atoms with Crippen LogP contribution >= 0.6 is 0 Å². The number of fused-ring (bicyclic) bond motifs is 6. The average molecular weight is 744 g/mol. The van der Waals surface area contributed by atoms with Gasteiger partial charge in [0.05, 0.1) is 11.2 Å². The van der Waals surface area contributed by atoms with E-state index in [1.165, 1.54) is 5.39 Å². The van der Waals surface area contributed by atoms with Gasteiger partial charge in [-0.05, 0) is 110 Å². The number of hydrogen-bond acceptors (Lipinski definition) is 2. The molecule has 1 heterocycles. The van der Waals surface area contributed by atoms with Gasteiger partial charge in [0.15, 0.2) is 0 Å². The topological polar surface area (TPSA) is 16.4 Å². The summed E-state index contributed by atoms with van der Waals surface area (Å²) in [5.74, 6) is 0. The first kappa shape index (κ1) is 29.6. The van der Waals surface area contributed by atoms with Crippen LogP contribution in [0, 0.1) is 0 Å². The van der Waals surface area contributed by atoms with Gasteiger partial charge in [-0.1, -0.05) is 170 Å². The Bertz CT molecular complexity index is 3480. The first-order valence-corrected chi connectivity index (χ1v) is 19.5. The smallest absolute Gasteiger partial charge is 0.143 e. The molecular weight excluding hydrogens is 703 g/mol. The summed E-state index contributed by atoms with van der Waals surface area (Å²) in [5, 5.41) is 6.45. The van der Waals surface area contributed by atoms with Gasteiger partial charge in [-0.25, -0.2) is 0 Å². The van der Waals surface area contributed by atoms with E-state index in [1.807, 2.05) is 126 Å². The van der Waals surface area contributed by atoms with Gasteiger partial charge in [-0.15, -0.1) is 0 Å². The first-order valence-electron chi connectivity index (χ1n) is 21.5. The van der Waals surface area contributed by atoms with Crippen molar-refractivity contribution in [2.24, 2.45) is 0 Å². The molecule has 0 atom stereocenters. The highest BCUT2D eigenvalue weighted by Crippen LogP contribution is 2.43. The third kappa shape index (κ3) is 6.00. The van der Waals surface area contributed by atoms with Crippen LogP contribution < -0.4 is 4.90 Å². The van der Waals surface area contributed by atoms with Crippen molar-refractivity contribution >= 4 is 60.5 Å². The van der Waals surface area contributed by atoms with Crippen molar-refractivity contribution in [1.29, 1.82) is 0 Å². The monoisotopic (exact) mass is 743 g/mol. The molecule has 0 spiro atoms. The summed E-state index contributed by atoms with van der Waals surface area (Å²) in [6, 6.07) is 66.7. The maximum atomic E-state index is 9.66. The Labute approximate surface area is 343 Å². The van der Waals surface area contributed by atoms with E-state index in [2.05, 4.69) is 78.9 Å². The van der Waals surface area contributed by atoms with Crippen molar-refractivity contribution in [3.63, 3.8) is 0 Å². The molecule has 11 rings (SSSR count). The molecule has 58 heavy (non-hydrogen) atoms. The van der Waals surface area contributed by atoms with Crippen LogP contribution in [-0.2, 0) is 0 Å². The number of furan rings is 1. The summed E-state index contributed by atoms with van der Waals surface area (Å²) in [6.45, 7) is 0. The van der Waals surface area contributed by atoms with E-state index in [1.54, 1.807) is 0 Å². The first-order chi connectivity index (χ1) is 30.4. The van der Waals surface area contributed by atoms with Crippen LogP contribution in [0.25, 0.3) is 88.0 Å². The number of hydrogen-bond donors (Lipinski definition) is 0. The van der Waals surface area contributed by atoms with Crippen LogP contribution in [0.4, 0.5) is 17.1 Å². The van der Waals surface area contributed by atoms with Crippen molar-refractivity contribution in [2.75, 3.05) is 4.90 Å². The largest absolute Gasteiger partial charge is 0.455 e. The molecule has 0 amide bonds. The second-order valence-electron chi connectivity index (χ2n) is 14.6. The molecule has 11 aromatic rings. The lowest BCUT2D eigenvalue weighted by Gasteiger charge is -2.28. The fraction of sp³-hybridized carbons (Fsp3) is 0. The molecule has 2 nitrogen and oxygen atoms in total. The van der Waals surface area contributed by atoms with E-state index in [9.17, 15) is 5.48 Å². The van der Waals surface area contributed by atoms with E-state index in [0.29, 0.717) is 16.9 Å². The molecule has 0 unspecified atom stereocenters. The number of nitrogens with zero attached hydrogens (tertiary/aromatic N) is 1. The van der Waals surface area contributed by atoms with Gasteiger partial charge in [-0.2, -0.15) is 0 Å². The average Bonchev–Trinajstić information content (AvgIpc) is 3.72. The number of para-hydroxylation sites is 2. The summed E-state index contributed by atoms with van der Waals surface area (Å²) in [6.07, 6.45) is 0. The Morgan fingerprint density at radius 1 is 0.345 bits per heavy atom. The summed E-state index contributed by atoms with van der Waals surface area (Å²) >= 11 is 0. The number of benzene rings is 10. The Balaban J connectivity index is 1.09. The van der Waals surface area contributed by atoms with Gasteiger partial charge in [0.2, 0.25) is 0 Å². The minimum absolute atomic E-state index is 0.110. The molecule has 2 heteroatoms. The quantitative estimate of drug-likeness (QED) is 0.162. The Kier molecular flexibility index (Phi) is 7.20. The SMILES string of the molecule is [2H]c1c([2H])c(N(c2ccc(-c3ccc4ccccc4c3)cc2)c2ccccc2-c2ccc3ccc4c5ccccc5oc4c3c2)c([2H])c([2H])c1-c1ccc(-c2ccccc2)cc1. The van der Waals surface area contributed by atoms with Crippen molar-refractivity contribution in [3.8, 4) is 44.5 Å². The molecule has 1 aromatic heterocycles. The predicted molar refractivity (Wildman–Crippen MR) is 245 cm³/mol. The van der Waals surface area contributed by atoms with Crippen LogP contribution in [0.1, 0.15) is 5.48 Å². The third-order valence-corrected chi connectivity index (χ3v) is 11.1. The van der Waals surface area contributed by atoms with Crippen molar-refractivity contribution in [1.82, 2.24) is 0 Å². The molecule has 272 valence electrons. The molecule has 0 radical (unpaired) electrons. The van der Waals surface area contributed by atoms with Gasteiger partial charge in [0.25, 0.3) is 0 Å². The zero-order valence-corrected chi connectivity index (χ0v) is 31.4. The molecule has 0 saturated carbocycles. The minimum Gasteiger partial charge on any atom is -0.455 e. The normalized spacial score (nSPS) is 12.4. The zero-order chi connectivity index (χ0) is 41.9. The molecule has 0 aliphatic heterocycles. The van der Waals surface area contributed by atoms with Gasteiger partial charge in [0.1, 0.15) is 11.2 Å². The highest BCUT2D eigenvalue weighted by atomic mass is 16.3. The van der Waals surface area contributed by atoms with Gasteiger partial charge < -0.3 is 9.32 Å². The molecule has 0 bridgehead atoms. The van der Waals surface area contributed by atoms with Crippen LogP contribution in [0.15, 0.2) is 229 Å². The zero-order valence-electron chi connectivity index (χ0n) is 35.4. The van der Waals surface area contributed by atoms with E-state index in [4.69, 9.17) is 4.42 Å². The molecule has 0 aliphatic rings. The summed E-state index contributed by atoms with van der Waals surface area (Å²) in [5.41, 5.74) is 10.0. The number of rotatable bonds is 7. The fourth-order valence-corrected chi connectivity index (χ4v) is 8.17. The van der Waals surface area contributed by atoms with E-state index >= 15 is 0 Å². The van der Waals surface area contributed by atoms with E-state index in [-0.39, 0.29) is 35.4 Å². The lowest BCUT2D eigenvalue weighted by Crippen LogP contribution is -2.11. The molecule has 0 N–H and O–H groups in total. The molecule has 0 fully saturated rings. The van der Waals surface area contributed by atoms with Gasteiger partial charge in [-0.3, -0.25) is 0 Å². The summed E-state index contributed by atoms with van der Waals surface area (Å²) in [7, 11) is 0. The van der Waals surface area contributed by atoms with Crippen molar-refractivity contribution in [2.45, 2.75) is 0 Å². The maximum Gasteiger partial charge on any atom is 0.143 e. The molecule has 0 saturated heterocycles. The van der Waals surface area contributed by atoms with E-state index in [0.717, 1.165) is 71.5 Å². The molecule has 0 aliphatic carbocycles. The second kappa shape index (κ2) is 14.1. The second-order valence-corrected chi connectivity index (χ2v) is 14.6. The van der Waals surface area contributed by atoms with Crippen molar-refractivity contribution in [3.05, 3.63) is 224 Å². The Hall–Kier alpha value is -7.68. The summed E-state index contributed by atoms with van der Waals surface area (Å²) < 4.78 is 44.7. The maximum absolute atomic E-state index is 9.66. The third-order valence-electron chi connectivity index (χ3n) is 11.1. The van der Waals surface area contributed by atoms with Gasteiger partial charge in [0, 0.05) is 33.1 Å². The van der Waals surface area contributed by atoms with Crippen LogP contribution in [0.2, 0.25) is 0 Å². The number of anilines is 3. The predicted octanol–water partition coefficient (Wildman–Crippen LogP) is 16.0. The Morgan fingerprint density at radius 3 is 1.76 bits per heavy atom.